The second-order valence-corrected chi connectivity index (χ2v) is 6.67. The van der Waals surface area contributed by atoms with E-state index in [4.69, 9.17) is 0 Å². The lowest BCUT2D eigenvalue weighted by atomic mass is 10.3. The number of rotatable bonds is 3. The summed E-state index contributed by atoms with van der Waals surface area (Å²) in [6, 6.07) is 12.8. The first kappa shape index (κ1) is 11.4. The molecule has 3 rings (SSSR count). The molecule has 0 saturated heterocycles. The van der Waals surface area contributed by atoms with Crippen molar-refractivity contribution in [3.8, 4) is 0 Å². The Hall–Kier alpha value is -0.710. The lowest BCUT2D eigenvalue weighted by Gasteiger charge is -1.94. The highest BCUT2D eigenvalue weighted by Crippen LogP contribution is 2.29. The zero-order valence-corrected chi connectivity index (χ0v) is 12.2. The van der Waals surface area contributed by atoms with Gasteiger partial charge in [-0.3, -0.25) is 0 Å². The molecule has 0 amide bonds. The van der Waals surface area contributed by atoms with Crippen LogP contribution in [0.3, 0.4) is 0 Å². The molecule has 2 heterocycles. The predicted octanol–water partition coefficient (Wildman–Crippen LogP) is 5.28. The molecule has 86 valence electrons. The zero-order valence-electron chi connectivity index (χ0n) is 8.94. The van der Waals surface area contributed by atoms with Crippen LogP contribution in [0.25, 0.3) is 10.9 Å². The number of hydrogen-bond acceptors (Lipinski definition) is 2. The van der Waals surface area contributed by atoms with Crippen LogP contribution in [0.1, 0.15) is 4.88 Å². The average molecular weight is 324 g/mol. The molecule has 0 bridgehead atoms. The summed E-state index contributed by atoms with van der Waals surface area (Å²) < 4.78 is 1.18. The summed E-state index contributed by atoms with van der Waals surface area (Å²) in [5.41, 5.74) is 1.21. The highest BCUT2D eigenvalue weighted by Gasteiger charge is 2.02. The minimum atomic E-state index is 1.02. The number of thiophene rings is 1. The number of nitrogens with one attached hydrogen (secondary N) is 1. The van der Waals surface area contributed by atoms with Gasteiger partial charge in [0.05, 0.1) is 5.03 Å². The van der Waals surface area contributed by atoms with Crippen molar-refractivity contribution in [1.82, 2.24) is 4.98 Å². The monoisotopic (exact) mass is 323 g/mol. The quantitative estimate of drug-likeness (QED) is 0.648. The molecule has 0 radical (unpaired) electrons. The molecular formula is C13H10BrNS2. The van der Waals surface area contributed by atoms with Crippen LogP contribution in [-0.4, -0.2) is 4.98 Å². The van der Waals surface area contributed by atoms with Crippen molar-refractivity contribution in [1.29, 1.82) is 0 Å². The Kier molecular flexibility index (Phi) is 3.27. The molecule has 3 aromatic rings. The Bertz CT molecular complexity index is 608. The summed E-state index contributed by atoms with van der Waals surface area (Å²) in [7, 11) is 0. The van der Waals surface area contributed by atoms with Crippen LogP contribution in [-0.2, 0) is 5.75 Å². The van der Waals surface area contributed by atoms with E-state index < -0.39 is 0 Å². The van der Waals surface area contributed by atoms with E-state index in [1.54, 1.807) is 11.3 Å². The predicted molar refractivity (Wildman–Crippen MR) is 79.9 cm³/mol. The van der Waals surface area contributed by atoms with Crippen molar-refractivity contribution in [2.24, 2.45) is 0 Å². The summed E-state index contributed by atoms with van der Waals surface area (Å²) in [4.78, 5) is 4.82. The first-order valence-electron chi connectivity index (χ1n) is 5.25. The molecule has 0 aliphatic heterocycles. The van der Waals surface area contributed by atoms with Crippen molar-refractivity contribution < 1.29 is 0 Å². The van der Waals surface area contributed by atoms with Gasteiger partial charge in [0.15, 0.2) is 0 Å². The summed E-state index contributed by atoms with van der Waals surface area (Å²) in [6.45, 7) is 0. The number of aromatic nitrogens is 1. The molecule has 0 spiro atoms. The van der Waals surface area contributed by atoms with Crippen molar-refractivity contribution in [3.63, 3.8) is 0 Å². The van der Waals surface area contributed by atoms with Gasteiger partial charge < -0.3 is 4.98 Å². The van der Waals surface area contributed by atoms with E-state index >= 15 is 0 Å². The average Bonchev–Trinajstić information content (AvgIpc) is 2.91. The van der Waals surface area contributed by atoms with Gasteiger partial charge in [-0.2, -0.15) is 0 Å². The van der Waals surface area contributed by atoms with Gasteiger partial charge in [-0.15, -0.1) is 23.1 Å². The second-order valence-electron chi connectivity index (χ2n) is 3.74. The van der Waals surface area contributed by atoms with Crippen LogP contribution in [0.15, 0.2) is 51.3 Å². The minimum Gasteiger partial charge on any atom is -0.350 e. The van der Waals surface area contributed by atoms with E-state index in [1.165, 1.54) is 25.3 Å². The third kappa shape index (κ3) is 2.59. The maximum atomic E-state index is 3.48. The van der Waals surface area contributed by atoms with Gasteiger partial charge in [0, 0.05) is 31.4 Å². The van der Waals surface area contributed by atoms with Gasteiger partial charge in [0.2, 0.25) is 0 Å². The molecule has 0 aliphatic carbocycles. The molecule has 4 heteroatoms. The summed E-state index contributed by atoms with van der Waals surface area (Å²) in [5, 5.41) is 4.64. The van der Waals surface area contributed by atoms with Gasteiger partial charge in [-0.1, -0.05) is 18.2 Å². The number of para-hydroxylation sites is 1. The third-order valence-corrected chi connectivity index (χ3v) is 5.36. The van der Waals surface area contributed by atoms with Crippen molar-refractivity contribution in [2.45, 2.75) is 10.8 Å². The normalized spacial score (nSPS) is 11.1. The Morgan fingerprint density at radius 3 is 2.88 bits per heavy atom. The summed E-state index contributed by atoms with van der Waals surface area (Å²) >= 11 is 7.12. The summed E-state index contributed by atoms with van der Waals surface area (Å²) in [5.74, 6) is 1.02. The van der Waals surface area contributed by atoms with Gasteiger partial charge in [0.1, 0.15) is 0 Å². The number of fused-ring (bicyclic) bond motifs is 1. The standard InChI is InChI=1S/C13H10BrNS2/c14-10-6-11(16-7-10)8-17-13-5-9-3-1-2-4-12(9)15-13/h1-7,15H,8H2. The number of aromatic amines is 1. The molecule has 0 fully saturated rings. The van der Waals surface area contributed by atoms with Gasteiger partial charge in [-0.25, -0.2) is 0 Å². The SMILES string of the molecule is Brc1csc(CSc2cc3ccccc3[nH]2)c1. The molecule has 2 aromatic heterocycles. The number of thioether (sulfide) groups is 1. The Balaban J connectivity index is 1.76. The second kappa shape index (κ2) is 4.88. The number of hydrogen-bond donors (Lipinski definition) is 1. The van der Waals surface area contributed by atoms with E-state index in [1.807, 2.05) is 11.8 Å². The Morgan fingerprint density at radius 2 is 2.12 bits per heavy atom. The van der Waals surface area contributed by atoms with Gasteiger partial charge in [-0.05, 0) is 34.1 Å². The molecule has 1 N–H and O–H groups in total. The highest BCUT2D eigenvalue weighted by molar-refractivity contribution is 9.10. The van der Waals surface area contributed by atoms with E-state index in [0.717, 1.165) is 5.75 Å². The lowest BCUT2D eigenvalue weighted by molar-refractivity contribution is 1.23. The highest BCUT2D eigenvalue weighted by atomic mass is 79.9. The van der Waals surface area contributed by atoms with Crippen LogP contribution in [0.5, 0.6) is 0 Å². The van der Waals surface area contributed by atoms with Crippen molar-refractivity contribution in [3.05, 3.63) is 51.1 Å². The maximum Gasteiger partial charge on any atom is 0.0736 e. The van der Waals surface area contributed by atoms with Gasteiger partial charge >= 0.3 is 0 Å². The first-order chi connectivity index (χ1) is 8.31. The lowest BCUT2D eigenvalue weighted by Crippen LogP contribution is -1.73. The number of halogens is 1. The minimum absolute atomic E-state index is 1.02. The van der Waals surface area contributed by atoms with E-state index in [9.17, 15) is 0 Å². The fourth-order valence-electron chi connectivity index (χ4n) is 1.70. The molecule has 0 atom stereocenters. The molecular weight excluding hydrogens is 314 g/mol. The molecule has 0 aliphatic rings. The van der Waals surface area contributed by atoms with Crippen LogP contribution in [0, 0.1) is 0 Å². The van der Waals surface area contributed by atoms with Crippen molar-refractivity contribution in [2.75, 3.05) is 0 Å². The molecule has 1 nitrogen and oxygen atoms in total. The third-order valence-electron chi connectivity index (χ3n) is 2.50. The number of benzene rings is 1. The van der Waals surface area contributed by atoms with Crippen LogP contribution in [0.2, 0.25) is 0 Å². The molecule has 17 heavy (non-hydrogen) atoms. The largest absolute Gasteiger partial charge is 0.350 e. The molecule has 1 aromatic carbocycles. The van der Waals surface area contributed by atoms with Gasteiger partial charge in [0.25, 0.3) is 0 Å². The van der Waals surface area contributed by atoms with Crippen LogP contribution in [0.4, 0.5) is 0 Å². The van der Waals surface area contributed by atoms with E-state index in [0.29, 0.717) is 0 Å². The Labute approximate surface area is 116 Å². The zero-order chi connectivity index (χ0) is 11.7. The Morgan fingerprint density at radius 1 is 1.24 bits per heavy atom. The molecule has 0 unspecified atom stereocenters. The fourth-order valence-corrected chi connectivity index (χ4v) is 4.16. The number of H-pyrrole nitrogens is 1. The topological polar surface area (TPSA) is 15.8 Å². The van der Waals surface area contributed by atoms with Crippen LogP contribution >= 0.6 is 39.0 Å². The van der Waals surface area contributed by atoms with E-state index in [-0.39, 0.29) is 0 Å². The molecule has 0 saturated carbocycles. The summed E-state index contributed by atoms with van der Waals surface area (Å²) in [6.07, 6.45) is 0. The smallest absolute Gasteiger partial charge is 0.0736 e. The van der Waals surface area contributed by atoms with Crippen molar-refractivity contribution >= 4 is 49.9 Å². The first-order valence-corrected chi connectivity index (χ1v) is 7.90. The maximum absolute atomic E-state index is 3.48. The van der Waals surface area contributed by atoms with E-state index in [2.05, 4.69) is 62.7 Å². The fraction of sp³-hybridized carbons (Fsp3) is 0.0769. The van der Waals surface area contributed by atoms with Crippen LogP contribution < -0.4 is 0 Å².